The van der Waals surface area contributed by atoms with Crippen LogP contribution < -0.4 is 19.5 Å². The molecular weight excluding hydrogens is 460 g/mol. The third-order valence-electron chi connectivity index (χ3n) is 4.75. The maximum Gasteiger partial charge on any atom is 0.264 e. The average Bonchev–Trinajstić information content (AvgIpc) is 3.17. The first-order chi connectivity index (χ1) is 16.1. The van der Waals surface area contributed by atoms with E-state index in [0.29, 0.717) is 44.6 Å². The second-order valence-corrected chi connectivity index (χ2v) is 8.45. The van der Waals surface area contributed by atoms with Crippen LogP contribution in [-0.4, -0.2) is 25.3 Å². The molecule has 0 unspecified atom stereocenters. The standard InChI is InChI=1S/C25H21ClN2O4S/c1-30-20-6-4-3-5-19(20)27-25-28-24(29)23(33-25)14-17-9-12-21(22(13-17)31-2)32-15-16-7-10-18(26)11-8-16/h3-14H,15H2,1-2H3,(H,27,28,29)/b23-14-. The number of benzene rings is 3. The molecule has 1 saturated heterocycles. The van der Waals surface area contributed by atoms with Crippen molar-refractivity contribution >= 4 is 46.2 Å². The smallest absolute Gasteiger partial charge is 0.264 e. The number of methoxy groups -OCH3 is 2. The molecule has 1 aliphatic rings. The molecule has 1 fully saturated rings. The third kappa shape index (κ3) is 5.69. The van der Waals surface area contributed by atoms with Gasteiger partial charge in [0.2, 0.25) is 0 Å². The lowest BCUT2D eigenvalue weighted by molar-refractivity contribution is -0.115. The Morgan fingerprint density at radius 2 is 1.73 bits per heavy atom. The predicted molar refractivity (Wildman–Crippen MR) is 133 cm³/mol. The number of carbonyl (C=O) groups is 1. The second kappa shape index (κ2) is 10.5. The minimum absolute atomic E-state index is 0.212. The van der Waals surface area contributed by atoms with E-state index < -0.39 is 0 Å². The first-order valence-corrected chi connectivity index (χ1v) is 11.2. The maximum absolute atomic E-state index is 12.5. The van der Waals surface area contributed by atoms with Crippen molar-refractivity contribution in [2.45, 2.75) is 6.61 Å². The largest absolute Gasteiger partial charge is 0.494 e. The number of nitrogens with one attached hydrogen (secondary N) is 1. The van der Waals surface area contributed by atoms with E-state index in [9.17, 15) is 4.79 Å². The molecule has 4 rings (SSSR count). The molecule has 0 bridgehead atoms. The number of para-hydroxylation sites is 2. The summed E-state index contributed by atoms with van der Waals surface area (Å²) in [6.07, 6.45) is 1.79. The van der Waals surface area contributed by atoms with E-state index >= 15 is 0 Å². The highest BCUT2D eigenvalue weighted by Gasteiger charge is 2.24. The van der Waals surface area contributed by atoms with Crippen molar-refractivity contribution in [1.29, 1.82) is 0 Å². The van der Waals surface area contributed by atoms with Crippen molar-refractivity contribution in [1.82, 2.24) is 5.32 Å². The Balaban J connectivity index is 1.49. The summed E-state index contributed by atoms with van der Waals surface area (Å²) in [6, 6.07) is 20.4. The molecule has 0 radical (unpaired) electrons. The van der Waals surface area contributed by atoms with Gasteiger partial charge in [-0.2, -0.15) is 0 Å². The summed E-state index contributed by atoms with van der Waals surface area (Å²) in [7, 11) is 3.16. The number of thioether (sulfide) groups is 1. The van der Waals surface area contributed by atoms with Gasteiger partial charge in [-0.1, -0.05) is 41.9 Å². The van der Waals surface area contributed by atoms with Gasteiger partial charge in [0.05, 0.1) is 19.1 Å². The summed E-state index contributed by atoms with van der Waals surface area (Å²) in [5.74, 6) is 1.60. The number of rotatable bonds is 7. The molecule has 0 aromatic heterocycles. The van der Waals surface area contributed by atoms with Crippen molar-refractivity contribution < 1.29 is 19.0 Å². The van der Waals surface area contributed by atoms with Gasteiger partial charge in [0, 0.05) is 5.02 Å². The summed E-state index contributed by atoms with van der Waals surface area (Å²) >= 11 is 7.19. The molecule has 0 spiro atoms. The number of amidine groups is 1. The van der Waals surface area contributed by atoms with Crippen molar-refractivity contribution in [2.75, 3.05) is 14.2 Å². The van der Waals surface area contributed by atoms with Crippen LogP contribution in [0.25, 0.3) is 6.08 Å². The molecule has 1 amide bonds. The second-order valence-electron chi connectivity index (χ2n) is 6.98. The van der Waals surface area contributed by atoms with Gasteiger partial charge in [-0.15, -0.1) is 0 Å². The number of hydrogen-bond donors (Lipinski definition) is 1. The fourth-order valence-corrected chi connectivity index (χ4v) is 4.06. The van der Waals surface area contributed by atoms with E-state index in [1.807, 2.05) is 66.7 Å². The Kier molecular flexibility index (Phi) is 7.22. The molecule has 0 saturated carbocycles. The van der Waals surface area contributed by atoms with Crippen molar-refractivity contribution in [3.63, 3.8) is 0 Å². The van der Waals surface area contributed by atoms with Gasteiger partial charge >= 0.3 is 0 Å². The number of hydrogen-bond acceptors (Lipinski definition) is 6. The van der Waals surface area contributed by atoms with E-state index in [1.165, 1.54) is 11.8 Å². The molecule has 3 aromatic rings. The summed E-state index contributed by atoms with van der Waals surface area (Å²) in [5.41, 5.74) is 2.45. The maximum atomic E-state index is 12.5. The van der Waals surface area contributed by atoms with Crippen LogP contribution in [0.4, 0.5) is 5.69 Å². The van der Waals surface area contributed by atoms with Crippen LogP contribution >= 0.6 is 23.4 Å². The van der Waals surface area contributed by atoms with Crippen molar-refractivity contribution in [3.05, 3.63) is 87.8 Å². The van der Waals surface area contributed by atoms with Gasteiger partial charge in [-0.25, -0.2) is 4.99 Å². The molecule has 8 heteroatoms. The zero-order valence-corrected chi connectivity index (χ0v) is 19.6. The summed E-state index contributed by atoms with van der Waals surface area (Å²) in [4.78, 5) is 17.5. The first-order valence-electron chi connectivity index (χ1n) is 10.0. The lowest BCUT2D eigenvalue weighted by Crippen LogP contribution is -2.19. The number of amides is 1. The van der Waals surface area contributed by atoms with E-state index in [1.54, 1.807) is 20.3 Å². The quantitative estimate of drug-likeness (QED) is 0.431. The Morgan fingerprint density at radius 3 is 2.48 bits per heavy atom. The van der Waals surface area contributed by atoms with E-state index in [-0.39, 0.29) is 5.91 Å². The highest BCUT2D eigenvalue weighted by atomic mass is 35.5. The molecule has 168 valence electrons. The average molecular weight is 481 g/mol. The molecule has 0 aliphatic carbocycles. The number of aliphatic imine (C=N–C) groups is 1. The lowest BCUT2D eigenvalue weighted by atomic mass is 10.2. The molecule has 0 atom stereocenters. The van der Waals surface area contributed by atoms with Crippen molar-refractivity contribution in [2.24, 2.45) is 4.99 Å². The van der Waals surface area contributed by atoms with Crippen LogP contribution in [-0.2, 0) is 11.4 Å². The molecule has 33 heavy (non-hydrogen) atoms. The first kappa shape index (κ1) is 22.8. The van der Waals surface area contributed by atoms with Crippen molar-refractivity contribution in [3.8, 4) is 17.2 Å². The van der Waals surface area contributed by atoms with Gasteiger partial charge in [-0.05, 0) is 65.4 Å². The Bertz CT molecular complexity index is 1230. The normalized spacial score (nSPS) is 15.5. The van der Waals surface area contributed by atoms with Crippen LogP contribution in [0.15, 0.2) is 76.6 Å². The molecule has 1 aliphatic heterocycles. The third-order valence-corrected chi connectivity index (χ3v) is 5.91. The number of nitrogens with zero attached hydrogens (tertiary/aromatic N) is 1. The van der Waals surface area contributed by atoms with Gasteiger partial charge in [0.25, 0.3) is 5.91 Å². The molecule has 1 heterocycles. The highest BCUT2D eigenvalue weighted by Crippen LogP contribution is 2.34. The SMILES string of the molecule is COc1ccccc1N=C1NC(=O)/C(=C/c2ccc(OCc3ccc(Cl)cc3)c(OC)c2)S1. The summed E-state index contributed by atoms with van der Waals surface area (Å²) in [5, 5.41) is 3.96. The molecule has 6 nitrogen and oxygen atoms in total. The van der Waals surface area contributed by atoms with E-state index in [0.717, 1.165) is 11.1 Å². The summed E-state index contributed by atoms with van der Waals surface area (Å²) in [6.45, 7) is 0.384. The Hall–Kier alpha value is -3.42. The Morgan fingerprint density at radius 1 is 0.970 bits per heavy atom. The van der Waals surface area contributed by atoms with Gasteiger partial charge in [0.15, 0.2) is 16.7 Å². The van der Waals surface area contributed by atoms with E-state index in [2.05, 4.69) is 10.3 Å². The minimum Gasteiger partial charge on any atom is -0.494 e. The van der Waals surface area contributed by atoms with Crippen LogP contribution in [0.1, 0.15) is 11.1 Å². The monoisotopic (exact) mass is 480 g/mol. The van der Waals surface area contributed by atoms with Crippen LogP contribution in [0.3, 0.4) is 0 Å². The lowest BCUT2D eigenvalue weighted by Gasteiger charge is -2.11. The fourth-order valence-electron chi connectivity index (χ4n) is 3.10. The van der Waals surface area contributed by atoms with E-state index in [4.69, 9.17) is 25.8 Å². The number of ether oxygens (including phenoxy) is 3. The van der Waals surface area contributed by atoms with Gasteiger partial charge in [0.1, 0.15) is 18.0 Å². The fraction of sp³-hybridized carbons (Fsp3) is 0.120. The van der Waals surface area contributed by atoms with Crippen LogP contribution in [0, 0.1) is 0 Å². The topological polar surface area (TPSA) is 69.2 Å². The zero-order valence-electron chi connectivity index (χ0n) is 18.0. The zero-order chi connectivity index (χ0) is 23.2. The predicted octanol–water partition coefficient (Wildman–Crippen LogP) is 5.83. The molecular formula is C25H21ClN2O4S. The Labute approximate surface area is 201 Å². The summed E-state index contributed by atoms with van der Waals surface area (Å²) < 4.78 is 16.7. The van der Waals surface area contributed by atoms with Gasteiger partial charge in [-0.3, -0.25) is 4.79 Å². The van der Waals surface area contributed by atoms with Crippen LogP contribution in [0.5, 0.6) is 17.2 Å². The number of halogens is 1. The number of carbonyl (C=O) groups excluding carboxylic acids is 1. The highest BCUT2D eigenvalue weighted by molar-refractivity contribution is 8.18. The molecule has 3 aromatic carbocycles. The molecule has 1 N–H and O–H groups in total. The minimum atomic E-state index is -0.212. The van der Waals surface area contributed by atoms with Crippen LogP contribution in [0.2, 0.25) is 5.02 Å². The van der Waals surface area contributed by atoms with Gasteiger partial charge < -0.3 is 19.5 Å².